The van der Waals surface area contributed by atoms with Crippen LogP contribution in [0.2, 0.25) is 0 Å². The Balaban J connectivity index is 2.01. The van der Waals surface area contributed by atoms with Crippen molar-refractivity contribution in [2.75, 3.05) is 0 Å². The van der Waals surface area contributed by atoms with Crippen LogP contribution < -0.4 is 0 Å². The van der Waals surface area contributed by atoms with Gasteiger partial charge in [0.2, 0.25) is 0 Å². The first kappa shape index (κ1) is 12.7. The Hall–Kier alpha value is -1.75. The summed E-state index contributed by atoms with van der Waals surface area (Å²) in [6.45, 7) is 0. The molecule has 0 aliphatic rings. The van der Waals surface area contributed by atoms with Crippen LogP contribution in [-0.2, 0) is 13.5 Å². The molecule has 1 N–H and O–H groups in total. The van der Waals surface area contributed by atoms with Crippen LogP contribution in [0.4, 0.5) is 8.78 Å². The fraction of sp³-hybridized carbons (Fsp3) is 0.308. The van der Waals surface area contributed by atoms with Gasteiger partial charge in [0.05, 0.1) is 12.3 Å². The largest absolute Gasteiger partial charge is 0.388 e. The number of nitrogens with zero attached hydrogens (tertiary/aromatic N) is 2. The second kappa shape index (κ2) is 5.27. The molecule has 1 heterocycles. The van der Waals surface area contributed by atoms with Gasteiger partial charge in [-0.3, -0.25) is 4.68 Å². The summed E-state index contributed by atoms with van der Waals surface area (Å²) in [6.07, 6.45) is 3.68. The number of aliphatic hydroxyl groups is 1. The third-order valence-corrected chi connectivity index (χ3v) is 2.73. The summed E-state index contributed by atoms with van der Waals surface area (Å²) in [5, 5.41) is 13.9. The van der Waals surface area contributed by atoms with Gasteiger partial charge in [-0.2, -0.15) is 5.10 Å². The highest BCUT2D eigenvalue weighted by Gasteiger charge is 2.11. The highest BCUT2D eigenvalue weighted by atomic mass is 19.1. The molecule has 0 aliphatic heterocycles. The molecule has 0 radical (unpaired) electrons. The molecule has 2 rings (SSSR count). The standard InChI is InChI=1S/C13H14F2N2O/c1-17-8-9(7-16-17)2-3-13(18)10-4-11(14)6-12(15)5-10/h4-8,13,18H,2-3H2,1H3. The first-order valence-corrected chi connectivity index (χ1v) is 5.66. The average Bonchev–Trinajstić information content (AvgIpc) is 2.70. The molecule has 1 aromatic heterocycles. The highest BCUT2D eigenvalue weighted by molar-refractivity contribution is 5.20. The number of hydrogen-bond acceptors (Lipinski definition) is 2. The van der Waals surface area contributed by atoms with E-state index < -0.39 is 17.7 Å². The van der Waals surface area contributed by atoms with Crippen molar-refractivity contribution >= 4 is 0 Å². The number of hydrogen-bond donors (Lipinski definition) is 1. The Kier molecular flexibility index (Phi) is 3.72. The monoisotopic (exact) mass is 252 g/mol. The zero-order chi connectivity index (χ0) is 13.1. The molecule has 0 aliphatic carbocycles. The van der Waals surface area contributed by atoms with Gasteiger partial charge in [-0.1, -0.05) is 0 Å². The van der Waals surface area contributed by atoms with Crippen LogP contribution in [0.1, 0.15) is 23.7 Å². The van der Waals surface area contributed by atoms with Crippen LogP contribution in [0, 0.1) is 11.6 Å². The van der Waals surface area contributed by atoms with E-state index in [0.29, 0.717) is 12.8 Å². The Morgan fingerprint density at radius 1 is 1.28 bits per heavy atom. The van der Waals surface area contributed by atoms with Crippen molar-refractivity contribution in [2.24, 2.45) is 7.05 Å². The molecule has 3 nitrogen and oxygen atoms in total. The summed E-state index contributed by atoms with van der Waals surface area (Å²) >= 11 is 0. The van der Waals surface area contributed by atoms with Crippen LogP contribution in [0.15, 0.2) is 30.6 Å². The summed E-state index contributed by atoms with van der Waals surface area (Å²) in [5.74, 6) is -1.35. The molecular weight excluding hydrogens is 238 g/mol. The van der Waals surface area contributed by atoms with Crippen molar-refractivity contribution in [1.29, 1.82) is 0 Å². The Labute approximate surface area is 104 Å². The lowest BCUT2D eigenvalue weighted by Crippen LogP contribution is -2.01. The van der Waals surface area contributed by atoms with Gasteiger partial charge in [-0.05, 0) is 36.1 Å². The van der Waals surface area contributed by atoms with Gasteiger partial charge in [0.25, 0.3) is 0 Å². The second-order valence-corrected chi connectivity index (χ2v) is 4.28. The summed E-state index contributed by atoms with van der Waals surface area (Å²) in [6, 6.07) is 3.09. The van der Waals surface area contributed by atoms with Gasteiger partial charge >= 0.3 is 0 Å². The lowest BCUT2D eigenvalue weighted by molar-refractivity contribution is 0.167. The minimum absolute atomic E-state index is 0.261. The van der Waals surface area contributed by atoms with Gasteiger partial charge in [-0.25, -0.2) is 8.78 Å². The number of aryl methyl sites for hydroxylation is 2. The van der Waals surface area contributed by atoms with Gasteiger partial charge < -0.3 is 5.11 Å². The smallest absolute Gasteiger partial charge is 0.126 e. The normalized spacial score (nSPS) is 12.7. The Morgan fingerprint density at radius 3 is 2.50 bits per heavy atom. The van der Waals surface area contributed by atoms with Crippen molar-refractivity contribution in [3.63, 3.8) is 0 Å². The summed E-state index contributed by atoms with van der Waals surface area (Å²) in [5.41, 5.74) is 1.24. The highest BCUT2D eigenvalue weighted by Crippen LogP contribution is 2.20. The maximum Gasteiger partial charge on any atom is 0.126 e. The number of benzene rings is 1. The minimum Gasteiger partial charge on any atom is -0.388 e. The van der Waals surface area contributed by atoms with Crippen LogP contribution in [0.3, 0.4) is 0 Å². The summed E-state index contributed by atoms with van der Waals surface area (Å²) in [7, 11) is 1.81. The number of halogens is 2. The van der Waals surface area contributed by atoms with E-state index in [4.69, 9.17) is 0 Å². The maximum atomic E-state index is 13.0. The third-order valence-electron chi connectivity index (χ3n) is 2.73. The van der Waals surface area contributed by atoms with Crippen LogP contribution >= 0.6 is 0 Å². The van der Waals surface area contributed by atoms with Gasteiger partial charge in [0.1, 0.15) is 11.6 Å². The number of aliphatic hydroxyl groups excluding tert-OH is 1. The van der Waals surface area contributed by atoms with Gasteiger partial charge in [0, 0.05) is 19.3 Å². The SMILES string of the molecule is Cn1cc(CCC(O)c2cc(F)cc(F)c2)cn1. The zero-order valence-electron chi connectivity index (χ0n) is 9.98. The molecule has 96 valence electrons. The summed E-state index contributed by atoms with van der Waals surface area (Å²) < 4.78 is 27.7. The molecule has 0 spiro atoms. The first-order valence-electron chi connectivity index (χ1n) is 5.66. The molecule has 0 saturated heterocycles. The van der Waals surface area contributed by atoms with Crippen molar-refractivity contribution in [3.05, 3.63) is 53.4 Å². The molecule has 0 bridgehead atoms. The molecule has 1 aromatic carbocycles. The molecule has 0 amide bonds. The average molecular weight is 252 g/mol. The summed E-state index contributed by atoms with van der Waals surface area (Å²) in [4.78, 5) is 0. The lowest BCUT2D eigenvalue weighted by Gasteiger charge is -2.10. The topological polar surface area (TPSA) is 38.0 Å². The van der Waals surface area contributed by atoms with Gasteiger partial charge in [-0.15, -0.1) is 0 Å². The van der Waals surface area contributed by atoms with E-state index in [-0.39, 0.29) is 5.56 Å². The van der Waals surface area contributed by atoms with E-state index >= 15 is 0 Å². The quantitative estimate of drug-likeness (QED) is 0.907. The zero-order valence-corrected chi connectivity index (χ0v) is 9.98. The Morgan fingerprint density at radius 2 is 1.94 bits per heavy atom. The molecule has 0 saturated carbocycles. The predicted octanol–water partition coefficient (Wildman–Crippen LogP) is 2.36. The van der Waals surface area contributed by atoms with Gasteiger partial charge in [0.15, 0.2) is 0 Å². The third kappa shape index (κ3) is 3.13. The van der Waals surface area contributed by atoms with Crippen LogP contribution in [-0.4, -0.2) is 14.9 Å². The van der Waals surface area contributed by atoms with Crippen molar-refractivity contribution in [1.82, 2.24) is 9.78 Å². The fourth-order valence-corrected chi connectivity index (χ4v) is 1.84. The first-order chi connectivity index (χ1) is 8.54. The van der Waals surface area contributed by atoms with E-state index in [1.807, 2.05) is 13.2 Å². The second-order valence-electron chi connectivity index (χ2n) is 4.28. The maximum absolute atomic E-state index is 13.0. The number of rotatable bonds is 4. The Bertz CT molecular complexity index is 519. The molecular formula is C13H14F2N2O. The predicted molar refractivity (Wildman–Crippen MR) is 62.8 cm³/mol. The van der Waals surface area contributed by atoms with Crippen molar-refractivity contribution in [3.8, 4) is 0 Å². The van der Waals surface area contributed by atoms with E-state index in [1.165, 1.54) is 0 Å². The van der Waals surface area contributed by atoms with Crippen LogP contribution in [0.25, 0.3) is 0 Å². The molecule has 5 heteroatoms. The van der Waals surface area contributed by atoms with E-state index in [9.17, 15) is 13.9 Å². The molecule has 2 aromatic rings. The molecule has 1 atom stereocenters. The number of aromatic nitrogens is 2. The van der Waals surface area contributed by atoms with Crippen LogP contribution in [0.5, 0.6) is 0 Å². The molecule has 0 fully saturated rings. The molecule has 1 unspecified atom stereocenters. The van der Waals surface area contributed by atoms with E-state index in [0.717, 1.165) is 23.8 Å². The van der Waals surface area contributed by atoms with E-state index in [2.05, 4.69) is 5.10 Å². The fourth-order valence-electron chi connectivity index (χ4n) is 1.84. The minimum atomic E-state index is -0.879. The van der Waals surface area contributed by atoms with E-state index in [1.54, 1.807) is 10.9 Å². The lowest BCUT2D eigenvalue weighted by atomic mass is 10.0. The molecule has 18 heavy (non-hydrogen) atoms. The van der Waals surface area contributed by atoms with Crippen molar-refractivity contribution in [2.45, 2.75) is 18.9 Å². The van der Waals surface area contributed by atoms with Crippen molar-refractivity contribution < 1.29 is 13.9 Å².